The first kappa shape index (κ1) is 17.5. The number of aryl methyl sites for hydroxylation is 1. The number of pyridine rings is 1. The highest BCUT2D eigenvalue weighted by Gasteiger charge is 2.29. The Bertz CT molecular complexity index is 892. The number of nitrogen functional groups attached to an aromatic ring is 1. The van der Waals surface area contributed by atoms with Crippen LogP contribution >= 0.6 is 0 Å². The Morgan fingerprint density at radius 1 is 0.885 bits per heavy atom. The fourth-order valence-electron chi connectivity index (χ4n) is 2.14. The van der Waals surface area contributed by atoms with E-state index in [0.29, 0.717) is 17.3 Å². The summed E-state index contributed by atoms with van der Waals surface area (Å²) in [5, 5.41) is 5.86. The standard InChI is InChI=1S/C17H15F3N6/c1-10-2-7-13(22-8-10)26-16-14(21)15(23-9-24-16)25-12-5-3-11(4-6-12)17(18,19)20/h2-9H,21H2,1H3,(H2,22,23,24,25,26). The van der Waals surface area contributed by atoms with E-state index < -0.39 is 11.7 Å². The maximum atomic E-state index is 12.6. The van der Waals surface area contributed by atoms with Crippen molar-refractivity contribution in [3.05, 3.63) is 60.0 Å². The van der Waals surface area contributed by atoms with E-state index in [4.69, 9.17) is 5.73 Å². The average Bonchev–Trinajstić information content (AvgIpc) is 2.60. The summed E-state index contributed by atoms with van der Waals surface area (Å²) in [4.78, 5) is 12.3. The molecule has 0 saturated heterocycles. The molecule has 134 valence electrons. The molecule has 1 aromatic carbocycles. The highest BCUT2D eigenvalue weighted by molar-refractivity contribution is 5.79. The SMILES string of the molecule is Cc1ccc(Nc2ncnc(Nc3ccc(C(F)(F)F)cc3)c2N)nc1. The Labute approximate surface area is 147 Å². The van der Waals surface area contributed by atoms with Crippen molar-refractivity contribution < 1.29 is 13.2 Å². The van der Waals surface area contributed by atoms with Crippen molar-refractivity contribution in [3.8, 4) is 0 Å². The topological polar surface area (TPSA) is 88.8 Å². The van der Waals surface area contributed by atoms with E-state index in [1.807, 2.05) is 13.0 Å². The molecule has 0 atom stereocenters. The summed E-state index contributed by atoms with van der Waals surface area (Å²) in [6.45, 7) is 1.92. The van der Waals surface area contributed by atoms with Crippen LogP contribution in [0.3, 0.4) is 0 Å². The van der Waals surface area contributed by atoms with Gasteiger partial charge in [0.15, 0.2) is 11.6 Å². The minimum Gasteiger partial charge on any atom is -0.393 e. The van der Waals surface area contributed by atoms with Crippen LogP contribution in [0.15, 0.2) is 48.9 Å². The van der Waals surface area contributed by atoms with Gasteiger partial charge in [-0.05, 0) is 42.8 Å². The molecule has 0 bridgehead atoms. The molecule has 2 heterocycles. The Balaban J connectivity index is 1.79. The second-order valence-corrected chi connectivity index (χ2v) is 5.53. The van der Waals surface area contributed by atoms with Crippen LogP contribution in [0.2, 0.25) is 0 Å². The molecule has 3 aromatic rings. The van der Waals surface area contributed by atoms with Gasteiger partial charge in [0.1, 0.15) is 17.8 Å². The van der Waals surface area contributed by atoms with Crippen LogP contribution in [0.25, 0.3) is 0 Å². The van der Waals surface area contributed by atoms with Crippen LogP contribution in [0, 0.1) is 6.92 Å². The zero-order chi connectivity index (χ0) is 18.7. The van der Waals surface area contributed by atoms with Crippen molar-refractivity contribution in [2.75, 3.05) is 16.4 Å². The third-order valence-electron chi connectivity index (χ3n) is 3.52. The number of nitrogens with one attached hydrogen (secondary N) is 2. The number of hydrogen-bond donors (Lipinski definition) is 3. The summed E-state index contributed by atoms with van der Waals surface area (Å²) >= 11 is 0. The highest BCUT2D eigenvalue weighted by Crippen LogP contribution is 2.31. The van der Waals surface area contributed by atoms with Crippen LogP contribution in [0.5, 0.6) is 0 Å². The third kappa shape index (κ3) is 4.00. The van der Waals surface area contributed by atoms with Crippen LogP contribution in [0.4, 0.5) is 42.0 Å². The van der Waals surface area contributed by atoms with E-state index in [9.17, 15) is 13.2 Å². The molecule has 4 N–H and O–H groups in total. The smallest absolute Gasteiger partial charge is 0.393 e. The highest BCUT2D eigenvalue weighted by atomic mass is 19.4. The van der Waals surface area contributed by atoms with Gasteiger partial charge in [-0.15, -0.1) is 0 Å². The third-order valence-corrected chi connectivity index (χ3v) is 3.52. The number of alkyl halides is 3. The lowest BCUT2D eigenvalue weighted by Gasteiger charge is -2.13. The molecule has 0 radical (unpaired) electrons. The Hall–Kier alpha value is -3.36. The van der Waals surface area contributed by atoms with E-state index in [1.165, 1.54) is 18.5 Å². The number of rotatable bonds is 4. The quantitative estimate of drug-likeness (QED) is 0.644. The van der Waals surface area contributed by atoms with Crippen LogP contribution < -0.4 is 16.4 Å². The molecule has 2 aromatic heterocycles. The largest absolute Gasteiger partial charge is 0.416 e. The summed E-state index contributed by atoms with van der Waals surface area (Å²) in [5.74, 6) is 1.17. The summed E-state index contributed by atoms with van der Waals surface area (Å²) < 4.78 is 37.9. The van der Waals surface area contributed by atoms with Gasteiger partial charge in [0.05, 0.1) is 5.56 Å². The van der Waals surface area contributed by atoms with Crippen molar-refractivity contribution in [3.63, 3.8) is 0 Å². The second-order valence-electron chi connectivity index (χ2n) is 5.53. The lowest BCUT2D eigenvalue weighted by molar-refractivity contribution is -0.137. The first-order chi connectivity index (χ1) is 12.3. The Morgan fingerprint density at radius 2 is 1.54 bits per heavy atom. The van der Waals surface area contributed by atoms with Gasteiger partial charge in [-0.25, -0.2) is 15.0 Å². The first-order valence-corrected chi connectivity index (χ1v) is 7.57. The minimum atomic E-state index is -4.38. The normalized spacial score (nSPS) is 11.2. The van der Waals surface area contributed by atoms with E-state index in [-0.39, 0.29) is 11.5 Å². The zero-order valence-electron chi connectivity index (χ0n) is 13.7. The molecule has 0 fully saturated rings. The van der Waals surface area contributed by atoms with E-state index in [0.717, 1.165) is 17.7 Å². The van der Waals surface area contributed by atoms with Gasteiger partial charge in [-0.1, -0.05) is 6.07 Å². The molecular weight excluding hydrogens is 345 g/mol. The van der Waals surface area contributed by atoms with Crippen LogP contribution in [0.1, 0.15) is 11.1 Å². The molecule has 9 heteroatoms. The fourth-order valence-corrected chi connectivity index (χ4v) is 2.14. The molecule has 0 aliphatic rings. The predicted octanol–water partition coefficient (Wildman–Crippen LogP) is 4.27. The zero-order valence-corrected chi connectivity index (χ0v) is 13.7. The van der Waals surface area contributed by atoms with Crippen molar-refractivity contribution in [1.82, 2.24) is 15.0 Å². The number of anilines is 5. The van der Waals surface area contributed by atoms with E-state index in [1.54, 1.807) is 12.3 Å². The number of halogens is 3. The molecule has 0 saturated carbocycles. The molecule has 0 spiro atoms. The lowest BCUT2D eigenvalue weighted by Crippen LogP contribution is -2.07. The number of nitrogens with zero attached hydrogens (tertiary/aromatic N) is 3. The summed E-state index contributed by atoms with van der Waals surface area (Å²) in [6, 6.07) is 8.23. The fraction of sp³-hybridized carbons (Fsp3) is 0.118. The second kappa shape index (κ2) is 6.87. The van der Waals surface area contributed by atoms with Crippen molar-refractivity contribution >= 4 is 28.8 Å². The number of hydrogen-bond acceptors (Lipinski definition) is 6. The maximum Gasteiger partial charge on any atom is 0.416 e. The molecule has 26 heavy (non-hydrogen) atoms. The van der Waals surface area contributed by atoms with Crippen LogP contribution in [-0.2, 0) is 6.18 Å². The molecule has 0 aliphatic heterocycles. The maximum absolute atomic E-state index is 12.6. The lowest BCUT2D eigenvalue weighted by atomic mass is 10.2. The summed E-state index contributed by atoms with van der Waals surface area (Å²) in [6.07, 6.45) is -1.40. The summed E-state index contributed by atoms with van der Waals surface area (Å²) in [7, 11) is 0. The number of aromatic nitrogens is 3. The molecular formula is C17H15F3N6. The number of benzene rings is 1. The molecule has 0 unspecified atom stereocenters. The van der Waals surface area contributed by atoms with Crippen molar-refractivity contribution in [2.24, 2.45) is 0 Å². The van der Waals surface area contributed by atoms with Gasteiger partial charge >= 0.3 is 6.18 Å². The van der Waals surface area contributed by atoms with Crippen molar-refractivity contribution in [2.45, 2.75) is 13.1 Å². The summed E-state index contributed by atoms with van der Waals surface area (Å²) in [5.41, 5.74) is 6.97. The van der Waals surface area contributed by atoms with Crippen molar-refractivity contribution in [1.29, 1.82) is 0 Å². The van der Waals surface area contributed by atoms with Gasteiger partial charge in [0.25, 0.3) is 0 Å². The van der Waals surface area contributed by atoms with Gasteiger partial charge < -0.3 is 16.4 Å². The first-order valence-electron chi connectivity index (χ1n) is 7.57. The van der Waals surface area contributed by atoms with E-state index >= 15 is 0 Å². The van der Waals surface area contributed by atoms with Crippen LogP contribution in [-0.4, -0.2) is 15.0 Å². The predicted molar refractivity (Wildman–Crippen MR) is 93.4 cm³/mol. The molecule has 0 amide bonds. The minimum absolute atomic E-state index is 0.217. The van der Waals surface area contributed by atoms with E-state index in [2.05, 4.69) is 25.6 Å². The average molecular weight is 360 g/mol. The molecule has 0 aliphatic carbocycles. The van der Waals surface area contributed by atoms with Gasteiger partial charge in [-0.3, -0.25) is 0 Å². The van der Waals surface area contributed by atoms with Gasteiger partial charge in [0, 0.05) is 11.9 Å². The Morgan fingerprint density at radius 3 is 2.12 bits per heavy atom. The number of nitrogens with two attached hydrogens (primary N) is 1. The van der Waals surface area contributed by atoms with Gasteiger partial charge in [-0.2, -0.15) is 13.2 Å². The Kier molecular flexibility index (Phi) is 4.61. The van der Waals surface area contributed by atoms with Gasteiger partial charge in [0.2, 0.25) is 0 Å². The monoisotopic (exact) mass is 360 g/mol. The molecule has 6 nitrogen and oxygen atoms in total. The molecule has 3 rings (SSSR count).